The number of hydrogen-bond acceptors (Lipinski definition) is 4. The summed E-state index contributed by atoms with van der Waals surface area (Å²) in [5.41, 5.74) is 6.13. The first-order valence-corrected chi connectivity index (χ1v) is 6.89. The molecule has 0 aliphatic rings. The van der Waals surface area contributed by atoms with Crippen LogP contribution in [0.25, 0.3) is 10.8 Å². The van der Waals surface area contributed by atoms with Gasteiger partial charge in [0.2, 0.25) is 5.91 Å². The van der Waals surface area contributed by atoms with E-state index in [4.69, 9.17) is 5.73 Å². The average Bonchev–Trinajstić information content (AvgIpc) is 2.55. The van der Waals surface area contributed by atoms with Gasteiger partial charge in [-0.1, -0.05) is 36.4 Å². The Hall–Kier alpha value is -3.41. The Morgan fingerprint density at radius 3 is 2.48 bits per heavy atom. The number of benzene rings is 3. The highest BCUT2D eigenvalue weighted by molar-refractivity contribution is 5.97. The number of anilines is 2. The second-order valence-electron chi connectivity index (χ2n) is 5.00. The predicted octanol–water partition coefficient (Wildman–Crippen LogP) is 3.59. The lowest BCUT2D eigenvalue weighted by Gasteiger charge is -2.10. The molecular weight excluding hydrogens is 294 g/mol. The van der Waals surface area contributed by atoms with E-state index in [1.165, 1.54) is 18.2 Å². The van der Waals surface area contributed by atoms with Crippen molar-refractivity contribution in [1.29, 1.82) is 0 Å². The first kappa shape index (κ1) is 14.5. The molecule has 0 saturated carbocycles. The topological polar surface area (TPSA) is 98.3 Å². The molecule has 0 aliphatic carbocycles. The summed E-state index contributed by atoms with van der Waals surface area (Å²) in [5, 5.41) is 16.3. The largest absolute Gasteiger partial charge is 0.366 e. The zero-order valence-electron chi connectivity index (χ0n) is 12.0. The van der Waals surface area contributed by atoms with Crippen LogP contribution >= 0.6 is 0 Å². The highest BCUT2D eigenvalue weighted by Crippen LogP contribution is 2.32. The fourth-order valence-corrected chi connectivity index (χ4v) is 2.42. The summed E-state index contributed by atoms with van der Waals surface area (Å²) in [7, 11) is 0. The van der Waals surface area contributed by atoms with Crippen LogP contribution in [0.4, 0.5) is 17.1 Å². The number of amides is 1. The number of nitrogens with zero attached hydrogens (tertiary/aromatic N) is 1. The smallest absolute Gasteiger partial charge is 0.293 e. The van der Waals surface area contributed by atoms with Gasteiger partial charge in [-0.15, -0.1) is 0 Å². The van der Waals surface area contributed by atoms with Crippen molar-refractivity contribution >= 4 is 33.7 Å². The van der Waals surface area contributed by atoms with Crippen LogP contribution in [0.5, 0.6) is 0 Å². The van der Waals surface area contributed by atoms with Crippen molar-refractivity contribution in [3.05, 3.63) is 76.3 Å². The van der Waals surface area contributed by atoms with Gasteiger partial charge in [0, 0.05) is 22.7 Å². The summed E-state index contributed by atoms with van der Waals surface area (Å²) in [6.07, 6.45) is 0. The lowest BCUT2D eigenvalue weighted by molar-refractivity contribution is -0.383. The van der Waals surface area contributed by atoms with Gasteiger partial charge in [-0.25, -0.2) is 0 Å². The van der Waals surface area contributed by atoms with E-state index < -0.39 is 10.8 Å². The maximum Gasteiger partial charge on any atom is 0.293 e. The molecule has 23 heavy (non-hydrogen) atoms. The molecule has 6 heteroatoms. The van der Waals surface area contributed by atoms with Gasteiger partial charge in [-0.2, -0.15) is 0 Å². The average molecular weight is 307 g/mol. The van der Waals surface area contributed by atoms with Crippen molar-refractivity contribution in [2.45, 2.75) is 0 Å². The Labute approximate surface area is 131 Å². The van der Waals surface area contributed by atoms with Gasteiger partial charge >= 0.3 is 0 Å². The maximum absolute atomic E-state index is 11.3. The first-order chi connectivity index (χ1) is 11.1. The maximum atomic E-state index is 11.3. The Bertz CT molecular complexity index is 917. The summed E-state index contributed by atoms with van der Waals surface area (Å²) in [6.45, 7) is 0. The van der Waals surface area contributed by atoms with Crippen LogP contribution < -0.4 is 11.1 Å². The highest BCUT2D eigenvalue weighted by Gasteiger charge is 2.17. The van der Waals surface area contributed by atoms with Gasteiger partial charge in [0.25, 0.3) is 5.69 Å². The summed E-state index contributed by atoms with van der Waals surface area (Å²) >= 11 is 0. The molecule has 0 bridgehead atoms. The molecule has 0 radical (unpaired) electrons. The Balaban J connectivity index is 2.08. The van der Waals surface area contributed by atoms with Crippen LogP contribution in [0.2, 0.25) is 0 Å². The van der Waals surface area contributed by atoms with Crippen LogP contribution in [-0.4, -0.2) is 10.8 Å². The lowest BCUT2D eigenvalue weighted by Crippen LogP contribution is -2.11. The van der Waals surface area contributed by atoms with Crippen LogP contribution in [0, 0.1) is 10.1 Å². The molecule has 114 valence electrons. The van der Waals surface area contributed by atoms with Gasteiger partial charge in [0.05, 0.1) is 4.92 Å². The van der Waals surface area contributed by atoms with Crippen molar-refractivity contribution in [2.24, 2.45) is 5.73 Å². The molecule has 3 aromatic rings. The Kier molecular flexibility index (Phi) is 3.64. The molecule has 0 spiro atoms. The van der Waals surface area contributed by atoms with Crippen LogP contribution in [0.3, 0.4) is 0 Å². The van der Waals surface area contributed by atoms with Crippen molar-refractivity contribution in [1.82, 2.24) is 0 Å². The molecule has 6 nitrogen and oxygen atoms in total. The minimum Gasteiger partial charge on any atom is -0.366 e. The second kappa shape index (κ2) is 5.76. The molecule has 0 unspecified atom stereocenters. The molecular formula is C17H13N3O3. The van der Waals surface area contributed by atoms with Crippen molar-refractivity contribution in [2.75, 3.05) is 5.32 Å². The van der Waals surface area contributed by atoms with Crippen LogP contribution in [-0.2, 0) is 0 Å². The number of rotatable bonds is 4. The van der Waals surface area contributed by atoms with Crippen molar-refractivity contribution in [3.63, 3.8) is 0 Å². The molecule has 3 aromatic carbocycles. The van der Waals surface area contributed by atoms with E-state index in [9.17, 15) is 14.9 Å². The molecule has 0 saturated heterocycles. The number of primary amides is 1. The number of nitrogens with one attached hydrogen (secondary N) is 1. The molecule has 1 amide bonds. The van der Waals surface area contributed by atoms with E-state index in [0.29, 0.717) is 5.69 Å². The molecule has 0 fully saturated rings. The van der Waals surface area contributed by atoms with E-state index in [1.807, 2.05) is 42.5 Å². The van der Waals surface area contributed by atoms with Gasteiger partial charge < -0.3 is 11.1 Å². The van der Waals surface area contributed by atoms with Gasteiger partial charge in [0.1, 0.15) is 5.69 Å². The Morgan fingerprint density at radius 1 is 1.00 bits per heavy atom. The minimum absolute atomic E-state index is 0.0974. The van der Waals surface area contributed by atoms with Gasteiger partial charge in [-0.05, 0) is 23.6 Å². The zero-order valence-corrected chi connectivity index (χ0v) is 12.0. The van der Waals surface area contributed by atoms with Crippen molar-refractivity contribution in [3.8, 4) is 0 Å². The fraction of sp³-hybridized carbons (Fsp3) is 0. The van der Waals surface area contributed by atoms with E-state index in [2.05, 4.69) is 5.32 Å². The number of hydrogen-bond donors (Lipinski definition) is 2. The normalized spacial score (nSPS) is 10.4. The summed E-state index contributed by atoms with van der Waals surface area (Å²) in [6, 6.07) is 17.5. The number of fused-ring (bicyclic) bond motifs is 1. The van der Waals surface area contributed by atoms with Crippen molar-refractivity contribution < 1.29 is 9.72 Å². The van der Waals surface area contributed by atoms with E-state index in [0.717, 1.165) is 16.5 Å². The molecule has 0 atom stereocenters. The molecule has 0 aromatic heterocycles. The fourth-order valence-electron chi connectivity index (χ4n) is 2.42. The standard InChI is InChI=1S/C17H13N3O3/c18-17(21)12-8-9-15(16(10-12)20(22)23)19-14-7-3-5-11-4-1-2-6-13(11)14/h1-10,19H,(H2,18,21). The summed E-state index contributed by atoms with van der Waals surface area (Å²) in [4.78, 5) is 21.9. The second-order valence-corrected chi connectivity index (χ2v) is 5.00. The highest BCUT2D eigenvalue weighted by atomic mass is 16.6. The minimum atomic E-state index is -0.704. The van der Waals surface area contributed by atoms with E-state index >= 15 is 0 Å². The van der Waals surface area contributed by atoms with Crippen LogP contribution in [0.15, 0.2) is 60.7 Å². The lowest BCUT2D eigenvalue weighted by atomic mass is 10.1. The van der Waals surface area contributed by atoms with E-state index in [-0.39, 0.29) is 11.3 Å². The Morgan fingerprint density at radius 2 is 1.74 bits per heavy atom. The quantitative estimate of drug-likeness (QED) is 0.568. The number of nitro benzene ring substituents is 1. The third-order valence-corrected chi connectivity index (χ3v) is 3.54. The molecule has 0 aliphatic heterocycles. The number of carbonyl (C=O) groups is 1. The number of carbonyl (C=O) groups excluding carboxylic acids is 1. The molecule has 0 heterocycles. The third-order valence-electron chi connectivity index (χ3n) is 3.54. The molecule has 3 N–H and O–H groups in total. The zero-order chi connectivity index (χ0) is 16.4. The predicted molar refractivity (Wildman–Crippen MR) is 88.8 cm³/mol. The number of nitrogens with two attached hydrogens (primary N) is 1. The summed E-state index contributed by atoms with van der Waals surface area (Å²) in [5.74, 6) is -0.704. The third kappa shape index (κ3) is 2.82. The summed E-state index contributed by atoms with van der Waals surface area (Å²) < 4.78 is 0. The van der Waals surface area contributed by atoms with E-state index in [1.54, 1.807) is 0 Å². The van der Waals surface area contributed by atoms with Gasteiger partial charge in [-0.3, -0.25) is 14.9 Å². The number of nitro groups is 1. The SMILES string of the molecule is NC(=O)c1ccc(Nc2cccc3ccccc23)c([N+](=O)[O-])c1. The monoisotopic (exact) mass is 307 g/mol. The van der Waals surface area contributed by atoms with Crippen LogP contribution in [0.1, 0.15) is 10.4 Å². The van der Waals surface area contributed by atoms with Gasteiger partial charge in [0.15, 0.2) is 0 Å². The molecule has 3 rings (SSSR count). The first-order valence-electron chi connectivity index (χ1n) is 6.89.